The molecule has 1 unspecified atom stereocenters. The maximum atomic E-state index is 12.9. The Bertz CT molecular complexity index is 810. The highest BCUT2D eigenvalue weighted by Gasteiger charge is 2.10. The lowest BCUT2D eigenvalue weighted by Gasteiger charge is -2.14. The first kappa shape index (κ1) is 23.7. The summed E-state index contributed by atoms with van der Waals surface area (Å²) in [6.45, 7) is 5.96. The molecule has 0 spiro atoms. The molecule has 0 aliphatic rings. The molecule has 7 heteroatoms. The summed E-state index contributed by atoms with van der Waals surface area (Å²) in [7, 11) is 0. The van der Waals surface area contributed by atoms with Crippen LogP contribution in [0.2, 0.25) is 0 Å². The molecule has 2 N–H and O–H groups in total. The van der Waals surface area contributed by atoms with Crippen LogP contribution in [0, 0.1) is 5.82 Å². The quantitative estimate of drug-likeness (QED) is 0.552. The summed E-state index contributed by atoms with van der Waals surface area (Å²) in [5.74, 6) is 0.549. The van der Waals surface area contributed by atoms with Crippen molar-refractivity contribution < 1.29 is 18.7 Å². The van der Waals surface area contributed by atoms with Gasteiger partial charge in [-0.3, -0.25) is 9.59 Å². The van der Waals surface area contributed by atoms with Gasteiger partial charge in [0.15, 0.2) is 0 Å². The molecule has 2 aromatic carbocycles. The van der Waals surface area contributed by atoms with Gasteiger partial charge in [0, 0.05) is 11.7 Å². The fraction of sp³-hybridized carbons (Fsp3) is 0.391. The van der Waals surface area contributed by atoms with Gasteiger partial charge in [-0.25, -0.2) is 4.39 Å². The Hall–Kier alpha value is -2.54. The van der Waals surface area contributed by atoms with Crippen molar-refractivity contribution in [3.8, 4) is 5.75 Å². The van der Waals surface area contributed by atoms with Crippen molar-refractivity contribution in [2.24, 2.45) is 0 Å². The molecule has 0 saturated heterocycles. The highest BCUT2D eigenvalue weighted by molar-refractivity contribution is 8.00. The third-order valence-electron chi connectivity index (χ3n) is 4.16. The van der Waals surface area contributed by atoms with Crippen molar-refractivity contribution in [3.63, 3.8) is 0 Å². The number of rotatable bonds is 11. The number of ether oxygens (including phenoxy) is 1. The lowest BCUT2D eigenvalue weighted by atomic mass is 10.1. The smallest absolute Gasteiger partial charge is 0.234 e. The number of thioether (sulfide) groups is 1. The first-order valence-corrected chi connectivity index (χ1v) is 11.2. The van der Waals surface area contributed by atoms with Gasteiger partial charge >= 0.3 is 0 Å². The van der Waals surface area contributed by atoms with Crippen LogP contribution in [0.25, 0.3) is 0 Å². The second kappa shape index (κ2) is 12.2. The van der Waals surface area contributed by atoms with E-state index in [-0.39, 0.29) is 41.3 Å². The Balaban J connectivity index is 1.62. The van der Waals surface area contributed by atoms with Crippen LogP contribution in [0.3, 0.4) is 0 Å². The van der Waals surface area contributed by atoms with Gasteiger partial charge in [0.2, 0.25) is 11.8 Å². The van der Waals surface area contributed by atoms with E-state index in [0.29, 0.717) is 5.69 Å². The zero-order valence-electron chi connectivity index (χ0n) is 17.6. The van der Waals surface area contributed by atoms with E-state index in [2.05, 4.69) is 10.6 Å². The fourth-order valence-electron chi connectivity index (χ4n) is 2.75. The Kier molecular flexibility index (Phi) is 9.67. The average Bonchev–Trinajstić information content (AvgIpc) is 2.69. The van der Waals surface area contributed by atoms with E-state index < -0.39 is 0 Å². The van der Waals surface area contributed by atoms with E-state index in [1.807, 2.05) is 45.0 Å². The van der Waals surface area contributed by atoms with Crippen molar-refractivity contribution in [3.05, 3.63) is 59.9 Å². The molecule has 0 aromatic heterocycles. The molecule has 2 aromatic rings. The molecule has 2 rings (SSSR count). The Labute approximate surface area is 181 Å². The molecule has 162 valence electrons. The molecule has 1 atom stereocenters. The number of carbonyl (C=O) groups excluding carboxylic acids is 2. The number of hydrogen-bond acceptors (Lipinski definition) is 4. The van der Waals surface area contributed by atoms with E-state index in [9.17, 15) is 14.0 Å². The van der Waals surface area contributed by atoms with Gasteiger partial charge in [0.05, 0.1) is 17.6 Å². The summed E-state index contributed by atoms with van der Waals surface area (Å²) in [5.41, 5.74) is 1.72. The van der Waals surface area contributed by atoms with Crippen molar-refractivity contribution in [1.82, 2.24) is 5.32 Å². The van der Waals surface area contributed by atoms with E-state index in [1.54, 1.807) is 0 Å². The Morgan fingerprint density at radius 2 is 1.60 bits per heavy atom. The summed E-state index contributed by atoms with van der Waals surface area (Å²) in [5, 5.41) is 5.63. The van der Waals surface area contributed by atoms with Crippen molar-refractivity contribution in [2.45, 2.75) is 45.8 Å². The van der Waals surface area contributed by atoms with Crippen LogP contribution in [0.15, 0.2) is 48.5 Å². The summed E-state index contributed by atoms with van der Waals surface area (Å²) in [4.78, 5) is 23.9. The number of aryl methyl sites for hydroxylation is 1. The summed E-state index contributed by atoms with van der Waals surface area (Å²) in [6.07, 6.45) is 1.83. The largest absolute Gasteiger partial charge is 0.491 e. The highest BCUT2D eigenvalue weighted by atomic mass is 32.2. The summed E-state index contributed by atoms with van der Waals surface area (Å²) in [6, 6.07) is 13.6. The average molecular weight is 433 g/mol. The number of anilines is 1. The second-order valence-corrected chi connectivity index (χ2v) is 8.35. The number of nitrogens with one attached hydrogen (secondary N) is 2. The van der Waals surface area contributed by atoms with Gasteiger partial charge in [-0.15, -0.1) is 11.8 Å². The molecule has 5 nitrogen and oxygen atoms in total. The zero-order valence-corrected chi connectivity index (χ0v) is 18.4. The number of halogens is 1. The molecular weight excluding hydrogens is 403 g/mol. The molecule has 0 aliphatic heterocycles. The third-order valence-corrected chi connectivity index (χ3v) is 5.10. The van der Waals surface area contributed by atoms with Crippen molar-refractivity contribution in [2.75, 3.05) is 16.8 Å². The molecule has 0 heterocycles. The first-order valence-electron chi connectivity index (χ1n) is 10.00. The van der Waals surface area contributed by atoms with Crippen molar-refractivity contribution >= 4 is 29.3 Å². The topological polar surface area (TPSA) is 67.4 Å². The number of hydrogen-bond donors (Lipinski definition) is 2. The van der Waals surface area contributed by atoms with Crippen LogP contribution < -0.4 is 15.4 Å². The van der Waals surface area contributed by atoms with Gasteiger partial charge < -0.3 is 15.4 Å². The minimum atomic E-state index is -0.356. The standard InChI is InChI=1S/C23H29FN2O3S/c1-16(2)29-21-12-6-18(7-13-21)5-4-17(3)25-22(27)14-30-15-23(28)26-20-10-8-19(24)9-11-20/h6-13,16-17H,4-5,14-15H2,1-3H3,(H,25,27)(H,26,28). The van der Waals surface area contributed by atoms with E-state index >= 15 is 0 Å². The molecule has 30 heavy (non-hydrogen) atoms. The maximum Gasteiger partial charge on any atom is 0.234 e. The lowest BCUT2D eigenvalue weighted by Crippen LogP contribution is -2.34. The lowest BCUT2D eigenvalue weighted by molar-refractivity contribution is -0.119. The normalized spacial score (nSPS) is 11.8. The first-order chi connectivity index (χ1) is 14.3. The summed E-state index contributed by atoms with van der Waals surface area (Å²) >= 11 is 1.24. The van der Waals surface area contributed by atoms with E-state index in [0.717, 1.165) is 18.6 Å². The third kappa shape index (κ3) is 9.31. The molecule has 0 radical (unpaired) electrons. The molecular formula is C23H29FN2O3S. The maximum absolute atomic E-state index is 12.9. The van der Waals surface area contributed by atoms with E-state index in [4.69, 9.17) is 4.74 Å². The van der Waals surface area contributed by atoms with Gasteiger partial charge in [0.1, 0.15) is 11.6 Å². The van der Waals surface area contributed by atoms with E-state index in [1.165, 1.54) is 41.6 Å². The molecule has 0 bridgehead atoms. The SMILES string of the molecule is CC(CCc1ccc(OC(C)C)cc1)NC(=O)CSCC(=O)Nc1ccc(F)cc1. The van der Waals surface area contributed by atoms with Gasteiger partial charge in [-0.2, -0.15) is 0 Å². The van der Waals surface area contributed by atoms with Gasteiger partial charge in [-0.05, 0) is 75.6 Å². The predicted molar refractivity (Wildman–Crippen MR) is 120 cm³/mol. The second-order valence-electron chi connectivity index (χ2n) is 7.37. The van der Waals surface area contributed by atoms with Crippen LogP contribution in [0.4, 0.5) is 10.1 Å². The Morgan fingerprint density at radius 1 is 0.967 bits per heavy atom. The van der Waals surface area contributed by atoms with Crippen LogP contribution in [-0.4, -0.2) is 35.5 Å². The molecule has 0 saturated carbocycles. The number of benzene rings is 2. The van der Waals surface area contributed by atoms with Gasteiger partial charge in [0.25, 0.3) is 0 Å². The highest BCUT2D eigenvalue weighted by Crippen LogP contribution is 2.15. The molecule has 0 fully saturated rings. The van der Waals surface area contributed by atoms with Crippen molar-refractivity contribution in [1.29, 1.82) is 0 Å². The number of amides is 2. The van der Waals surface area contributed by atoms with Crippen LogP contribution in [0.1, 0.15) is 32.8 Å². The fourth-order valence-corrected chi connectivity index (χ4v) is 3.37. The summed E-state index contributed by atoms with van der Waals surface area (Å²) < 4.78 is 18.5. The minimum Gasteiger partial charge on any atom is -0.491 e. The van der Waals surface area contributed by atoms with Crippen LogP contribution >= 0.6 is 11.8 Å². The minimum absolute atomic E-state index is 0.0396. The number of carbonyl (C=O) groups is 2. The van der Waals surface area contributed by atoms with Crippen LogP contribution in [-0.2, 0) is 16.0 Å². The Morgan fingerprint density at radius 3 is 2.23 bits per heavy atom. The van der Waals surface area contributed by atoms with Gasteiger partial charge in [-0.1, -0.05) is 12.1 Å². The van der Waals surface area contributed by atoms with Crippen LogP contribution in [0.5, 0.6) is 5.75 Å². The monoisotopic (exact) mass is 432 g/mol. The molecule has 0 aliphatic carbocycles. The zero-order chi connectivity index (χ0) is 21.9. The predicted octanol–water partition coefficient (Wildman–Crippen LogP) is 4.42. The molecule has 2 amide bonds.